The molecule has 2 rings (SSSR count). The third-order valence-electron chi connectivity index (χ3n) is 4.17. The van der Waals surface area contributed by atoms with Gasteiger partial charge in [-0.25, -0.2) is 4.79 Å². The summed E-state index contributed by atoms with van der Waals surface area (Å²) in [5.41, 5.74) is 0.485. The van der Waals surface area contributed by atoms with Crippen LogP contribution in [0.1, 0.15) is 75.1 Å². The third kappa shape index (κ3) is 6.61. The number of benzene rings is 1. The highest BCUT2D eigenvalue weighted by atomic mass is 17.2. The Labute approximate surface area is 139 Å². The van der Waals surface area contributed by atoms with Gasteiger partial charge in [-0.1, -0.05) is 45.4 Å². The third-order valence-corrected chi connectivity index (χ3v) is 4.17. The summed E-state index contributed by atoms with van der Waals surface area (Å²) in [4.78, 5) is 22.1. The van der Waals surface area contributed by atoms with Crippen molar-refractivity contribution in [1.82, 2.24) is 0 Å². The van der Waals surface area contributed by atoms with Gasteiger partial charge in [-0.15, -0.1) is 0 Å². The molecule has 1 saturated carbocycles. The molecule has 0 aliphatic heterocycles. The summed E-state index contributed by atoms with van der Waals surface area (Å²) < 4.78 is 5.66. The van der Waals surface area contributed by atoms with E-state index in [-0.39, 0.29) is 6.10 Å². The average molecular weight is 320 g/mol. The lowest BCUT2D eigenvalue weighted by atomic mass is 9.98. The fourth-order valence-corrected chi connectivity index (χ4v) is 2.73. The lowest BCUT2D eigenvalue weighted by Crippen LogP contribution is -2.19. The minimum Gasteiger partial charge on any atom is -0.494 e. The van der Waals surface area contributed by atoms with Crippen LogP contribution in [0, 0.1) is 0 Å². The lowest BCUT2D eigenvalue weighted by molar-refractivity contribution is -0.279. The van der Waals surface area contributed by atoms with E-state index in [1.165, 1.54) is 25.7 Å². The van der Waals surface area contributed by atoms with E-state index in [2.05, 4.69) is 6.92 Å². The molecule has 0 N–H and O–H groups in total. The standard InChI is InChI=1S/C19H28O4/c1-2-3-4-8-15-21-17-13-11-16(12-14-17)19(20)23-22-18-9-6-5-7-10-18/h11-14,18H,2-10,15H2,1H3. The fraction of sp³-hybridized carbons (Fsp3) is 0.632. The van der Waals surface area contributed by atoms with Gasteiger partial charge in [-0.3, -0.25) is 4.89 Å². The second-order valence-corrected chi connectivity index (χ2v) is 6.16. The van der Waals surface area contributed by atoms with E-state index >= 15 is 0 Å². The highest BCUT2D eigenvalue weighted by Crippen LogP contribution is 2.21. The quantitative estimate of drug-likeness (QED) is 0.362. The second kappa shape index (κ2) is 10.3. The largest absolute Gasteiger partial charge is 0.494 e. The smallest absolute Gasteiger partial charge is 0.373 e. The van der Waals surface area contributed by atoms with Crippen LogP contribution in [0.4, 0.5) is 0 Å². The van der Waals surface area contributed by atoms with E-state index in [1.54, 1.807) is 24.3 Å². The van der Waals surface area contributed by atoms with Crippen LogP contribution in [0.5, 0.6) is 5.75 Å². The summed E-state index contributed by atoms with van der Waals surface area (Å²) in [6.07, 6.45) is 10.3. The van der Waals surface area contributed by atoms with Crippen molar-refractivity contribution in [3.8, 4) is 5.75 Å². The SMILES string of the molecule is CCCCCCOc1ccc(C(=O)OOC2CCCCC2)cc1. The number of hydrogen-bond acceptors (Lipinski definition) is 4. The van der Waals surface area contributed by atoms with E-state index in [0.29, 0.717) is 12.2 Å². The van der Waals surface area contributed by atoms with Crippen molar-refractivity contribution in [3.05, 3.63) is 29.8 Å². The van der Waals surface area contributed by atoms with Crippen LogP contribution in [0.25, 0.3) is 0 Å². The van der Waals surface area contributed by atoms with Crippen LogP contribution < -0.4 is 4.74 Å². The molecule has 1 aliphatic rings. The topological polar surface area (TPSA) is 44.8 Å². The highest BCUT2D eigenvalue weighted by Gasteiger charge is 2.17. The first kappa shape index (κ1) is 17.8. The number of hydrogen-bond donors (Lipinski definition) is 0. The number of ether oxygens (including phenoxy) is 1. The highest BCUT2D eigenvalue weighted by molar-refractivity contribution is 5.89. The average Bonchev–Trinajstić information content (AvgIpc) is 2.61. The van der Waals surface area contributed by atoms with Crippen LogP contribution in [0.15, 0.2) is 24.3 Å². The van der Waals surface area contributed by atoms with E-state index < -0.39 is 5.97 Å². The molecule has 0 saturated heterocycles. The number of unbranched alkanes of at least 4 members (excludes halogenated alkanes) is 3. The van der Waals surface area contributed by atoms with Crippen molar-refractivity contribution in [1.29, 1.82) is 0 Å². The van der Waals surface area contributed by atoms with Crippen molar-refractivity contribution in [2.75, 3.05) is 6.61 Å². The van der Waals surface area contributed by atoms with Crippen molar-refractivity contribution >= 4 is 5.97 Å². The van der Waals surface area contributed by atoms with Crippen molar-refractivity contribution in [2.45, 2.75) is 70.8 Å². The minimum atomic E-state index is -0.440. The van der Waals surface area contributed by atoms with Crippen LogP contribution in [0.2, 0.25) is 0 Å². The van der Waals surface area contributed by atoms with Gasteiger partial charge in [0.15, 0.2) is 0 Å². The summed E-state index contributed by atoms with van der Waals surface area (Å²) in [5.74, 6) is 0.344. The monoisotopic (exact) mass is 320 g/mol. The first-order chi connectivity index (χ1) is 11.3. The van der Waals surface area contributed by atoms with Gasteiger partial charge in [-0.05, 0) is 43.5 Å². The summed E-state index contributed by atoms with van der Waals surface area (Å²) in [5, 5.41) is 0. The molecule has 0 heterocycles. The molecular formula is C19H28O4. The maximum absolute atomic E-state index is 11.9. The van der Waals surface area contributed by atoms with Gasteiger partial charge in [0.05, 0.1) is 12.2 Å². The van der Waals surface area contributed by atoms with Gasteiger partial charge in [0.2, 0.25) is 0 Å². The molecule has 0 bridgehead atoms. The van der Waals surface area contributed by atoms with Gasteiger partial charge in [0, 0.05) is 0 Å². The Morgan fingerprint density at radius 1 is 1.04 bits per heavy atom. The molecule has 0 unspecified atom stereocenters. The Kier molecular flexibility index (Phi) is 7.95. The first-order valence-electron chi connectivity index (χ1n) is 8.90. The predicted octanol–water partition coefficient (Wildman–Crippen LogP) is 5.07. The molecule has 128 valence electrons. The van der Waals surface area contributed by atoms with E-state index in [4.69, 9.17) is 14.5 Å². The molecule has 1 aromatic carbocycles. The normalized spacial score (nSPS) is 15.3. The summed E-state index contributed by atoms with van der Waals surface area (Å²) >= 11 is 0. The minimum absolute atomic E-state index is 0.0541. The van der Waals surface area contributed by atoms with Gasteiger partial charge < -0.3 is 4.74 Å². The molecule has 4 nitrogen and oxygen atoms in total. The molecule has 0 amide bonds. The molecule has 0 spiro atoms. The summed E-state index contributed by atoms with van der Waals surface area (Å²) in [6, 6.07) is 7.04. The van der Waals surface area contributed by atoms with Crippen molar-refractivity contribution in [2.24, 2.45) is 0 Å². The molecule has 1 aliphatic carbocycles. The Morgan fingerprint density at radius 3 is 2.48 bits per heavy atom. The molecular weight excluding hydrogens is 292 g/mol. The molecule has 0 aromatic heterocycles. The number of rotatable bonds is 9. The Morgan fingerprint density at radius 2 is 1.78 bits per heavy atom. The number of carbonyl (C=O) groups is 1. The fourth-order valence-electron chi connectivity index (χ4n) is 2.73. The van der Waals surface area contributed by atoms with Gasteiger partial charge >= 0.3 is 5.97 Å². The number of carbonyl (C=O) groups excluding carboxylic acids is 1. The molecule has 23 heavy (non-hydrogen) atoms. The van der Waals surface area contributed by atoms with E-state index in [0.717, 1.165) is 37.9 Å². The Bertz CT molecular complexity index is 449. The summed E-state index contributed by atoms with van der Waals surface area (Å²) in [7, 11) is 0. The maximum Gasteiger partial charge on any atom is 0.373 e. The maximum atomic E-state index is 11.9. The van der Waals surface area contributed by atoms with Crippen LogP contribution in [-0.2, 0) is 9.78 Å². The zero-order chi connectivity index (χ0) is 16.3. The van der Waals surface area contributed by atoms with E-state index in [1.807, 2.05) is 0 Å². The zero-order valence-corrected chi connectivity index (χ0v) is 14.1. The Hall–Kier alpha value is -1.55. The first-order valence-corrected chi connectivity index (χ1v) is 8.90. The van der Waals surface area contributed by atoms with Gasteiger partial charge in [0.1, 0.15) is 11.9 Å². The summed E-state index contributed by atoms with van der Waals surface area (Å²) in [6.45, 7) is 2.91. The van der Waals surface area contributed by atoms with Gasteiger partial charge in [-0.2, -0.15) is 4.89 Å². The van der Waals surface area contributed by atoms with Crippen LogP contribution in [-0.4, -0.2) is 18.7 Å². The molecule has 0 atom stereocenters. The van der Waals surface area contributed by atoms with E-state index in [9.17, 15) is 4.79 Å². The van der Waals surface area contributed by atoms with Gasteiger partial charge in [0.25, 0.3) is 0 Å². The predicted molar refractivity (Wildman–Crippen MR) is 89.5 cm³/mol. The zero-order valence-electron chi connectivity index (χ0n) is 14.1. The Balaban J connectivity index is 1.69. The molecule has 0 radical (unpaired) electrons. The lowest BCUT2D eigenvalue weighted by Gasteiger charge is -2.19. The van der Waals surface area contributed by atoms with Crippen molar-refractivity contribution in [3.63, 3.8) is 0 Å². The molecule has 1 aromatic rings. The second-order valence-electron chi connectivity index (χ2n) is 6.16. The molecule has 4 heteroatoms. The van der Waals surface area contributed by atoms with Crippen LogP contribution >= 0.6 is 0 Å². The molecule has 1 fully saturated rings. The van der Waals surface area contributed by atoms with Crippen molar-refractivity contribution < 1.29 is 19.3 Å². The van der Waals surface area contributed by atoms with Crippen LogP contribution in [0.3, 0.4) is 0 Å².